The minimum atomic E-state index is -4.68. The predicted molar refractivity (Wildman–Crippen MR) is 118 cm³/mol. The molecule has 0 atom stereocenters. The highest BCUT2D eigenvalue weighted by atomic mass is 35.5. The summed E-state index contributed by atoms with van der Waals surface area (Å²) >= 11 is 11.9. The van der Waals surface area contributed by atoms with Gasteiger partial charge in [-0.3, -0.25) is 9.52 Å². The molecule has 5 nitrogen and oxygen atoms in total. The molecule has 0 saturated heterocycles. The van der Waals surface area contributed by atoms with Gasteiger partial charge in [-0.2, -0.15) is 13.2 Å². The summed E-state index contributed by atoms with van der Waals surface area (Å²) in [5, 5.41) is 2.87. The van der Waals surface area contributed by atoms with Crippen molar-refractivity contribution in [3.05, 3.63) is 87.4 Å². The van der Waals surface area contributed by atoms with Crippen molar-refractivity contribution in [2.24, 2.45) is 0 Å². The number of carbonyl (C=O) groups is 1. The number of alkyl halides is 3. The van der Waals surface area contributed by atoms with Crippen LogP contribution < -0.4 is 10.0 Å². The molecule has 2 N–H and O–H groups in total. The van der Waals surface area contributed by atoms with Crippen molar-refractivity contribution in [3.8, 4) is 0 Å². The zero-order valence-corrected chi connectivity index (χ0v) is 18.6. The van der Waals surface area contributed by atoms with Crippen LogP contribution in [0.25, 0.3) is 0 Å². The average molecular weight is 503 g/mol. The molecule has 0 aliphatic heterocycles. The third-order valence-electron chi connectivity index (χ3n) is 4.46. The van der Waals surface area contributed by atoms with Crippen LogP contribution in [0.4, 0.5) is 24.5 Å². The summed E-state index contributed by atoms with van der Waals surface area (Å²) in [5.74, 6) is -0.593. The van der Waals surface area contributed by atoms with Crippen molar-refractivity contribution in [2.75, 3.05) is 10.0 Å². The van der Waals surface area contributed by atoms with Gasteiger partial charge in [-0.1, -0.05) is 35.3 Å². The number of hydrogen-bond donors (Lipinski definition) is 2. The van der Waals surface area contributed by atoms with Crippen molar-refractivity contribution in [1.82, 2.24) is 0 Å². The molecular formula is C21H15Cl2F3N2O3S. The van der Waals surface area contributed by atoms with Gasteiger partial charge in [0.25, 0.3) is 15.9 Å². The molecule has 0 spiro atoms. The van der Waals surface area contributed by atoms with Crippen LogP contribution in [0, 0.1) is 6.92 Å². The summed E-state index contributed by atoms with van der Waals surface area (Å²) < 4.78 is 66.4. The van der Waals surface area contributed by atoms with Crippen molar-refractivity contribution in [3.63, 3.8) is 0 Å². The number of nitrogens with one attached hydrogen (secondary N) is 2. The fourth-order valence-corrected chi connectivity index (χ4v) is 4.24. The Hall–Kier alpha value is -2.75. The molecule has 3 aromatic carbocycles. The van der Waals surface area contributed by atoms with Crippen molar-refractivity contribution in [2.45, 2.75) is 18.0 Å². The minimum absolute atomic E-state index is 0.0161. The van der Waals surface area contributed by atoms with Crippen molar-refractivity contribution >= 4 is 50.5 Å². The van der Waals surface area contributed by atoms with Crippen molar-refractivity contribution in [1.29, 1.82) is 0 Å². The van der Waals surface area contributed by atoms with Crippen LogP contribution in [0.5, 0.6) is 0 Å². The molecule has 168 valence electrons. The van der Waals surface area contributed by atoms with E-state index in [9.17, 15) is 26.4 Å². The van der Waals surface area contributed by atoms with Crippen LogP contribution in [0.2, 0.25) is 10.0 Å². The van der Waals surface area contributed by atoms with Crippen molar-refractivity contribution < 1.29 is 26.4 Å². The van der Waals surface area contributed by atoms with Gasteiger partial charge in [0.2, 0.25) is 0 Å². The first-order valence-electron chi connectivity index (χ1n) is 8.94. The highest BCUT2D eigenvalue weighted by Crippen LogP contribution is 2.34. The second-order valence-corrected chi connectivity index (χ2v) is 9.19. The number of sulfonamides is 1. The van der Waals surface area contributed by atoms with Gasteiger partial charge in [0.05, 0.1) is 21.2 Å². The van der Waals surface area contributed by atoms with Crippen LogP contribution >= 0.6 is 23.2 Å². The lowest BCUT2D eigenvalue weighted by Gasteiger charge is -2.14. The molecule has 3 rings (SSSR count). The zero-order chi connectivity index (χ0) is 23.7. The Morgan fingerprint density at radius 2 is 1.59 bits per heavy atom. The fourth-order valence-electron chi connectivity index (χ4n) is 2.73. The standard InChI is InChI=1S/C21H15Cl2F3N2O3S/c1-12-16(22)6-3-7-18(12)27-20(29)13-4-2-5-15(10-13)32(30,31)28-19-11-14(21(24,25)26)8-9-17(19)23/h2-11,28H,1H3,(H,27,29). The Kier molecular flexibility index (Phi) is 6.73. The summed E-state index contributed by atoms with van der Waals surface area (Å²) in [7, 11) is -4.34. The Labute approximate surface area is 192 Å². The summed E-state index contributed by atoms with van der Waals surface area (Å²) in [6.07, 6.45) is -4.68. The first kappa shape index (κ1) is 23.9. The molecule has 32 heavy (non-hydrogen) atoms. The third-order valence-corrected chi connectivity index (χ3v) is 6.56. The van der Waals surface area contributed by atoms with Gasteiger partial charge < -0.3 is 5.32 Å². The predicted octanol–water partition coefficient (Wildman–Crippen LogP) is 6.37. The quantitative estimate of drug-likeness (QED) is 0.425. The van der Waals surface area contributed by atoms with E-state index in [2.05, 4.69) is 5.32 Å². The lowest BCUT2D eigenvalue weighted by atomic mass is 10.1. The SMILES string of the molecule is Cc1c(Cl)cccc1NC(=O)c1cccc(S(=O)(=O)Nc2cc(C(F)(F)F)ccc2Cl)c1. The zero-order valence-electron chi connectivity index (χ0n) is 16.3. The number of anilines is 2. The van der Waals surface area contributed by atoms with E-state index < -0.39 is 33.4 Å². The van der Waals surface area contributed by atoms with Gasteiger partial charge in [-0.25, -0.2) is 8.42 Å². The second kappa shape index (κ2) is 9.01. The van der Waals surface area contributed by atoms with Gasteiger partial charge in [0.15, 0.2) is 0 Å². The maximum atomic E-state index is 13.0. The monoisotopic (exact) mass is 502 g/mol. The maximum Gasteiger partial charge on any atom is 0.416 e. The number of halogens is 5. The largest absolute Gasteiger partial charge is 0.416 e. The molecule has 11 heteroatoms. The first-order valence-corrected chi connectivity index (χ1v) is 11.2. The van der Waals surface area contributed by atoms with Crippen LogP contribution in [0.1, 0.15) is 21.5 Å². The first-order chi connectivity index (χ1) is 14.9. The van der Waals surface area contributed by atoms with E-state index in [1.54, 1.807) is 25.1 Å². The van der Waals surface area contributed by atoms with Gasteiger partial charge >= 0.3 is 6.18 Å². The molecule has 0 aromatic heterocycles. The maximum absolute atomic E-state index is 13.0. The topological polar surface area (TPSA) is 75.3 Å². The van der Waals surface area contributed by atoms with E-state index in [0.717, 1.165) is 18.2 Å². The van der Waals surface area contributed by atoms with E-state index in [4.69, 9.17) is 23.2 Å². The highest BCUT2D eigenvalue weighted by molar-refractivity contribution is 7.92. The third kappa shape index (κ3) is 5.35. The van der Waals surface area contributed by atoms with Crippen LogP contribution in [-0.2, 0) is 16.2 Å². The number of benzene rings is 3. The summed E-state index contributed by atoms with van der Waals surface area (Å²) in [6, 6.07) is 12.2. The summed E-state index contributed by atoms with van der Waals surface area (Å²) in [5.41, 5.74) is -0.408. The Morgan fingerprint density at radius 3 is 2.28 bits per heavy atom. The lowest BCUT2D eigenvalue weighted by Crippen LogP contribution is -2.17. The Morgan fingerprint density at radius 1 is 0.906 bits per heavy atom. The molecular weight excluding hydrogens is 488 g/mol. The molecule has 0 bridgehead atoms. The molecule has 3 aromatic rings. The van der Waals surface area contributed by atoms with E-state index in [1.165, 1.54) is 18.2 Å². The van der Waals surface area contributed by atoms with E-state index in [0.29, 0.717) is 22.3 Å². The molecule has 0 radical (unpaired) electrons. The lowest BCUT2D eigenvalue weighted by molar-refractivity contribution is -0.137. The minimum Gasteiger partial charge on any atom is -0.322 e. The molecule has 0 aliphatic rings. The molecule has 0 aliphatic carbocycles. The number of hydrogen-bond acceptors (Lipinski definition) is 3. The summed E-state index contributed by atoms with van der Waals surface area (Å²) in [6.45, 7) is 1.71. The Balaban J connectivity index is 1.88. The van der Waals surface area contributed by atoms with Crippen LogP contribution in [-0.4, -0.2) is 14.3 Å². The molecule has 0 fully saturated rings. The molecule has 0 unspecified atom stereocenters. The number of rotatable bonds is 5. The smallest absolute Gasteiger partial charge is 0.322 e. The van der Waals surface area contributed by atoms with Gasteiger partial charge in [-0.15, -0.1) is 0 Å². The highest BCUT2D eigenvalue weighted by Gasteiger charge is 2.31. The Bertz CT molecular complexity index is 1300. The van der Waals surface area contributed by atoms with E-state index in [-0.39, 0.29) is 15.5 Å². The molecule has 0 heterocycles. The van der Waals surface area contributed by atoms with Gasteiger partial charge in [0, 0.05) is 16.3 Å². The van der Waals surface area contributed by atoms with Gasteiger partial charge in [0.1, 0.15) is 0 Å². The van der Waals surface area contributed by atoms with Crippen LogP contribution in [0.3, 0.4) is 0 Å². The summed E-state index contributed by atoms with van der Waals surface area (Å²) in [4.78, 5) is 12.3. The van der Waals surface area contributed by atoms with E-state index >= 15 is 0 Å². The molecule has 1 amide bonds. The second-order valence-electron chi connectivity index (χ2n) is 6.69. The normalized spacial score (nSPS) is 11.8. The number of amides is 1. The van der Waals surface area contributed by atoms with E-state index in [1.807, 2.05) is 4.72 Å². The van der Waals surface area contributed by atoms with Crippen LogP contribution in [0.15, 0.2) is 65.6 Å². The average Bonchev–Trinajstić information content (AvgIpc) is 2.72. The van der Waals surface area contributed by atoms with Gasteiger partial charge in [-0.05, 0) is 61.0 Å². The number of carbonyl (C=O) groups excluding carboxylic acids is 1. The fraction of sp³-hybridized carbons (Fsp3) is 0.0952. The molecule has 0 saturated carbocycles.